The Morgan fingerprint density at radius 3 is 1.25 bits per heavy atom. The van der Waals surface area contributed by atoms with Gasteiger partial charge in [0.1, 0.15) is 0 Å². The fourth-order valence-corrected chi connectivity index (χ4v) is 0. The second kappa shape index (κ2) is 8.66. The van der Waals surface area contributed by atoms with E-state index < -0.39 is 13.6 Å². The van der Waals surface area contributed by atoms with Crippen LogP contribution in [0.3, 0.4) is 0 Å². The average Bonchev–Trinajstić information content (AvgIpc) is 0.722. The summed E-state index contributed by atoms with van der Waals surface area (Å²) in [5.41, 5.74) is 0. The zero-order valence-corrected chi connectivity index (χ0v) is 7.26. The van der Waals surface area contributed by atoms with E-state index >= 15 is 0 Å². The van der Waals surface area contributed by atoms with Gasteiger partial charge in [-0.3, -0.25) is 0 Å². The molecule has 0 rings (SSSR count). The summed E-state index contributed by atoms with van der Waals surface area (Å²) in [5.74, 6) is 0. The van der Waals surface area contributed by atoms with Crippen molar-refractivity contribution in [3.05, 3.63) is 0 Å². The van der Waals surface area contributed by atoms with Crippen LogP contribution in [-0.4, -0.2) is 8.32 Å². The van der Waals surface area contributed by atoms with Gasteiger partial charge in [0.2, 0.25) is 0 Å². The van der Waals surface area contributed by atoms with Crippen LogP contribution in [0.1, 0.15) is 1.43 Å². The first-order chi connectivity index (χ1) is 2.00. The van der Waals surface area contributed by atoms with Gasteiger partial charge in [-0.15, -0.1) is 0 Å². The van der Waals surface area contributed by atoms with Crippen LogP contribution in [-0.2, 0) is 54.8 Å². The van der Waals surface area contributed by atoms with E-state index in [1.807, 2.05) is 0 Å². The Bertz CT molecular complexity index is 104. The van der Waals surface area contributed by atoms with Crippen molar-refractivity contribution in [1.82, 2.24) is 0 Å². The first-order valence-corrected chi connectivity index (χ1v) is 2.88. The molecule has 0 saturated heterocycles. The molecule has 0 amide bonds. The second-order valence-corrected chi connectivity index (χ2v) is 1.85. The molecule has 0 aromatic heterocycles. The Morgan fingerprint density at radius 2 is 1.25 bits per heavy atom. The van der Waals surface area contributed by atoms with Gasteiger partial charge in [0.05, 0.1) is 0 Å². The number of hydrogen-bond donors (Lipinski definition) is 2. The van der Waals surface area contributed by atoms with Crippen LogP contribution in [0.25, 0.3) is 0 Å². The van der Waals surface area contributed by atoms with Crippen molar-refractivity contribution >= 4 is 0 Å². The van der Waals surface area contributed by atoms with Gasteiger partial charge in [-0.2, -0.15) is 0 Å². The van der Waals surface area contributed by atoms with Crippen LogP contribution in [0.4, 0.5) is 0 Å². The fourth-order valence-electron chi connectivity index (χ4n) is 0. The minimum absolute atomic E-state index is 0. The predicted molar refractivity (Wildman–Crippen MR) is 6.92 cm³/mol. The number of rotatable bonds is 0. The van der Waals surface area contributed by atoms with Crippen LogP contribution in [0.15, 0.2) is 0 Å². The van der Waals surface area contributed by atoms with E-state index in [4.69, 9.17) is 15.9 Å². The zero-order chi connectivity index (χ0) is 4.50. The summed E-state index contributed by atoms with van der Waals surface area (Å²) in [6, 6.07) is 0. The molecule has 0 unspecified atom stereocenters. The first kappa shape index (κ1) is 22.6. The quantitative estimate of drug-likeness (QED) is 0.420. The Hall–Kier alpha value is 1.66. The van der Waals surface area contributed by atoms with E-state index in [0.717, 1.165) is 0 Å². The molecule has 0 spiro atoms. The molecular formula is H3CrLiMnNiO4. The van der Waals surface area contributed by atoms with E-state index in [2.05, 4.69) is 0 Å². The summed E-state index contributed by atoms with van der Waals surface area (Å²) in [7, 11) is 0. The molecule has 2 N–H and O–H groups in total. The SMILES string of the molecule is [H-].[Li+].[Mn].[Ni].[O]=[Cr](=[O])([OH])[OH]. The summed E-state index contributed by atoms with van der Waals surface area (Å²) >= 11 is -5.25. The Kier molecular flexibility index (Phi) is 24.5. The third-order valence-electron chi connectivity index (χ3n) is 0. The van der Waals surface area contributed by atoms with Crippen LogP contribution in [0.2, 0.25) is 0 Å². The molecule has 0 aliphatic carbocycles. The van der Waals surface area contributed by atoms with Crippen LogP contribution < -0.4 is 18.9 Å². The molecule has 0 aliphatic heterocycles. The fraction of sp³-hybridized carbons (Fsp3) is 0. The summed E-state index contributed by atoms with van der Waals surface area (Å²) < 4.78 is 31.9. The molecule has 51 valence electrons. The average molecular weight is 240 g/mol. The third kappa shape index (κ3) is 123. The van der Waals surface area contributed by atoms with E-state index in [1.54, 1.807) is 0 Å². The van der Waals surface area contributed by atoms with Crippen LogP contribution in [0, 0.1) is 0 Å². The van der Waals surface area contributed by atoms with E-state index in [1.165, 1.54) is 0 Å². The van der Waals surface area contributed by atoms with Gasteiger partial charge in [-0.05, 0) is 0 Å². The molecule has 0 aliphatic rings. The summed E-state index contributed by atoms with van der Waals surface area (Å²) in [6.45, 7) is 0. The minimum atomic E-state index is -5.25. The first-order valence-electron chi connectivity index (χ1n) is 0.698. The van der Waals surface area contributed by atoms with Crippen LogP contribution >= 0.6 is 0 Å². The summed E-state index contributed by atoms with van der Waals surface area (Å²) in [4.78, 5) is 0. The van der Waals surface area contributed by atoms with Crippen molar-refractivity contribution in [2.24, 2.45) is 0 Å². The van der Waals surface area contributed by atoms with Gasteiger partial charge in [-0.25, -0.2) is 0 Å². The normalized spacial score (nSPS) is 7.25. The molecule has 1 radical (unpaired) electrons. The molecule has 0 aromatic carbocycles. The van der Waals surface area contributed by atoms with E-state index in [-0.39, 0.29) is 53.8 Å². The predicted octanol–water partition coefficient (Wildman–Crippen LogP) is -4.24. The van der Waals surface area contributed by atoms with Crippen molar-refractivity contribution in [2.75, 3.05) is 0 Å². The van der Waals surface area contributed by atoms with Crippen LogP contribution in [0.5, 0.6) is 0 Å². The van der Waals surface area contributed by atoms with Gasteiger partial charge in [0.25, 0.3) is 0 Å². The van der Waals surface area contributed by atoms with E-state index in [9.17, 15) is 0 Å². The molecule has 0 bridgehead atoms. The van der Waals surface area contributed by atoms with Crippen molar-refractivity contribution in [2.45, 2.75) is 0 Å². The second-order valence-electron chi connectivity index (χ2n) is 0.448. The van der Waals surface area contributed by atoms with Gasteiger partial charge in [0.15, 0.2) is 0 Å². The standard InChI is InChI=1S/Cr.Li.Mn.Ni.2H2O.2O.H/h;;;;2*1H2;;;/q+2;+1;;;;;;;-1/p-2. The summed E-state index contributed by atoms with van der Waals surface area (Å²) in [6.07, 6.45) is 0. The molecule has 8 heteroatoms. The molecule has 0 atom stereocenters. The molecule has 0 aromatic rings. The van der Waals surface area contributed by atoms with Crippen molar-refractivity contribution in [3.63, 3.8) is 0 Å². The monoisotopic (exact) mass is 239 g/mol. The molecule has 0 fully saturated rings. The maximum atomic E-state index is 8.82. The van der Waals surface area contributed by atoms with Crippen molar-refractivity contribution in [1.29, 1.82) is 0 Å². The molecule has 4 nitrogen and oxygen atoms in total. The number of hydrogen-bond acceptors (Lipinski definition) is 2. The third-order valence-corrected chi connectivity index (χ3v) is 0. The van der Waals surface area contributed by atoms with Gasteiger partial charge in [0, 0.05) is 33.6 Å². The topological polar surface area (TPSA) is 74.6 Å². The van der Waals surface area contributed by atoms with Crippen molar-refractivity contribution in [3.8, 4) is 0 Å². The molecule has 0 saturated carbocycles. The van der Waals surface area contributed by atoms with E-state index in [0.29, 0.717) is 0 Å². The molecule has 8 heavy (non-hydrogen) atoms. The van der Waals surface area contributed by atoms with Gasteiger partial charge < -0.3 is 1.43 Å². The van der Waals surface area contributed by atoms with Gasteiger partial charge >= 0.3 is 48.4 Å². The molecular weight excluding hydrogens is 237 g/mol. The Labute approximate surface area is 82.9 Å². The molecule has 0 heterocycles. The van der Waals surface area contributed by atoms with Crippen molar-refractivity contribution < 1.29 is 83.4 Å². The zero-order valence-electron chi connectivity index (χ0n) is 4.81. The Morgan fingerprint density at radius 1 is 1.25 bits per heavy atom. The maximum absolute atomic E-state index is 8.82. The summed E-state index contributed by atoms with van der Waals surface area (Å²) in [5, 5.41) is 0. The van der Waals surface area contributed by atoms with Gasteiger partial charge in [-0.1, -0.05) is 0 Å². The Balaban J connectivity index is -0.0000000133.